The minimum absolute atomic E-state index is 0. The summed E-state index contributed by atoms with van der Waals surface area (Å²) >= 11 is 6.21. The average Bonchev–Trinajstić information content (AvgIpc) is 2.54. The zero-order valence-corrected chi connectivity index (χ0v) is 15.6. The summed E-state index contributed by atoms with van der Waals surface area (Å²) in [6.45, 7) is 7.72. The highest BCUT2D eigenvalue weighted by Gasteiger charge is 2.24. The van der Waals surface area contributed by atoms with Gasteiger partial charge in [0.1, 0.15) is 0 Å². The fraction of sp³-hybridized carbons (Fsp3) is 0.611. The number of carbonyl (C=O) groups is 1. The van der Waals surface area contributed by atoms with Gasteiger partial charge in [-0.3, -0.25) is 4.79 Å². The molecule has 1 aromatic carbocycles. The largest absolute Gasteiger partial charge is 0.339 e. The molecule has 1 saturated heterocycles. The molecule has 0 saturated carbocycles. The number of halogens is 2. The Morgan fingerprint density at radius 3 is 2.78 bits per heavy atom. The third kappa shape index (κ3) is 5.98. The molecule has 2 unspecified atom stereocenters. The molecule has 1 aliphatic heterocycles. The van der Waals surface area contributed by atoms with E-state index in [0.717, 1.165) is 30.2 Å². The average molecular weight is 359 g/mol. The van der Waals surface area contributed by atoms with Gasteiger partial charge < -0.3 is 10.2 Å². The van der Waals surface area contributed by atoms with Gasteiger partial charge in [-0.25, -0.2) is 0 Å². The maximum atomic E-state index is 12.6. The van der Waals surface area contributed by atoms with E-state index in [9.17, 15) is 4.79 Å². The first-order valence-electron chi connectivity index (χ1n) is 8.33. The Morgan fingerprint density at radius 2 is 2.17 bits per heavy atom. The van der Waals surface area contributed by atoms with Crippen molar-refractivity contribution in [2.45, 2.75) is 39.7 Å². The minimum atomic E-state index is 0. The van der Waals surface area contributed by atoms with Crippen molar-refractivity contribution in [2.24, 2.45) is 11.8 Å². The SMILES string of the molecule is CCN(Cc1ccccc1Cl)C(=O)CC(C)C1CCCNC1.Cl. The second kappa shape index (κ2) is 10.2. The van der Waals surface area contributed by atoms with Gasteiger partial charge >= 0.3 is 0 Å². The summed E-state index contributed by atoms with van der Waals surface area (Å²) in [6, 6.07) is 7.76. The van der Waals surface area contributed by atoms with E-state index in [1.807, 2.05) is 36.1 Å². The first kappa shape index (κ1) is 20.3. The molecular weight excluding hydrogens is 331 g/mol. The molecule has 1 N–H and O–H groups in total. The fourth-order valence-corrected chi connectivity index (χ4v) is 3.34. The molecule has 1 fully saturated rings. The minimum Gasteiger partial charge on any atom is -0.339 e. The Bertz CT molecular complexity index is 490. The Balaban J connectivity index is 0.00000264. The third-order valence-corrected chi connectivity index (χ3v) is 5.06. The number of rotatable bonds is 6. The molecule has 0 bridgehead atoms. The van der Waals surface area contributed by atoms with Crippen LogP contribution in [0.1, 0.15) is 38.7 Å². The number of piperidine rings is 1. The number of nitrogens with zero attached hydrogens (tertiary/aromatic N) is 1. The lowest BCUT2D eigenvalue weighted by molar-refractivity contribution is -0.133. The first-order valence-corrected chi connectivity index (χ1v) is 8.71. The molecule has 130 valence electrons. The highest BCUT2D eigenvalue weighted by molar-refractivity contribution is 6.31. The molecule has 0 radical (unpaired) electrons. The summed E-state index contributed by atoms with van der Waals surface area (Å²) in [7, 11) is 0. The van der Waals surface area contributed by atoms with Crippen LogP contribution in [0.2, 0.25) is 5.02 Å². The zero-order valence-electron chi connectivity index (χ0n) is 14.1. The number of hydrogen-bond acceptors (Lipinski definition) is 2. The van der Waals surface area contributed by atoms with Crippen LogP contribution >= 0.6 is 24.0 Å². The van der Waals surface area contributed by atoms with Crippen LogP contribution in [0.5, 0.6) is 0 Å². The fourth-order valence-electron chi connectivity index (χ4n) is 3.14. The number of carbonyl (C=O) groups excluding carboxylic acids is 1. The maximum Gasteiger partial charge on any atom is 0.223 e. The van der Waals surface area contributed by atoms with Crippen molar-refractivity contribution in [1.82, 2.24) is 10.2 Å². The number of amides is 1. The van der Waals surface area contributed by atoms with E-state index in [0.29, 0.717) is 24.8 Å². The monoisotopic (exact) mass is 358 g/mol. The van der Waals surface area contributed by atoms with Crippen LogP contribution in [-0.2, 0) is 11.3 Å². The van der Waals surface area contributed by atoms with Crippen molar-refractivity contribution in [2.75, 3.05) is 19.6 Å². The Morgan fingerprint density at radius 1 is 1.43 bits per heavy atom. The molecular formula is C18H28Cl2N2O. The van der Waals surface area contributed by atoms with Gasteiger partial charge in [0.25, 0.3) is 0 Å². The Hall–Kier alpha value is -0.770. The van der Waals surface area contributed by atoms with Gasteiger partial charge in [-0.05, 0) is 56.3 Å². The van der Waals surface area contributed by atoms with Gasteiger partial charge in [0.15, 0.2) is 0 Å². The number of benzene rings is 1. The van der Waals surface area contributed by atoms with Crippen LogP contribution in [0.25, 0.3) is 0 Å². The zero-order chi connectivity index (χ0) is 15.9. The lowest BCUT2D eigenvalue weighted by atomic mass is 9.85. The van der Waals surface area contributed by atoms with Crippen molar-refractivity contribution in [1.29, 1.82) is 0 Å². The molecule has 1 aliphatic rings. The predicted molar refractivity (Wildman–Crippen MR) is 99.2 cm³/mol. The smallest absolute Gasteiger partial charge is 0.223 e. The number of nitrogens with one attached hydrogen (secondary N) is 1. The molecule has 1 aromatic rings. The van der Waals surface area contributed by atoms with Crippen molar-refractivity contribution < 1.29 is 4.79 Å². The first-order chi connectivity index (χ1) is 10.6. The van der Waals surface area contributed by atoms with Crippen LogP contribution in [-0.4, -0.2) is 30.4 Å². The molecule has 0 aliphatic carbocycles. The topological polar surface area (TPSA) is 32.3 Å². The predicted octanol–water partition coefficient (Wildman–Crippen LogP) is 4.14. The molecule has 1 amide bonds. The van der Waals surface area contributed by atoms with Crippen LogP contribution in [0.15, 0.2) is 24.3 Å². The molecule has 2 atom stereocenters. The molecule has 23 heavy (non-hydrogen) atoms. The van der Waals surface area contributed by atoms with Crippen LogP contribution in [0.3, 0.4) is 0 Å². The van der Waals surface area contributed by atoms with E-state index in [-0.39, 0.29) is 18.3 Å². The molecule has 2 rings (SSSR count). The summed E-state index contributed by atoms with van der Waals surface area (Å²) in [5.41, 5.74) is 1.02. The number of hydrogen-bond donors (Lipinski definition) is 1. The van der Waals surface area contributed by atoms with Gasteiger partial charge in [0.05, 0.1) is 0 Å². The van der Waals surface area contributed by atoms with Crippen molar-refractivity contribution in [3.8, 4) is 0 Å². The highest BCUT2D eigenvalue weighted by atomic mass is 35.5. The normalized spacial score (nSPS) is 18.8. The van der Waals surface area contributed by atoms with E-state index in [1.54, 1.807) is 0 Å². The van der Waals surface area contributed by atoms with Crippen molar-refractivity contribution in [3.63, 3.8) is 0 Å². The van der Waals surface area contributed by atoms with Crippen molar-refractivity contribution in [3.05, 3.63) is 34.9 Å². The summed E-state index contributed by atoms with van der Waals surface area (Å²) < 4.78 is 0. The van der Waals surface area contributed by atoms with Crippen LogP contribution < -0.4 is 5.32 Å². The van der Waals surface area contributed by atoms with E-state index in [1.165, 1.54) is 12.8 Å². The molecule has 1 heterocycles. The second-order valence-corrected chi connectivity index (χ2v) is 6.69. The van der Waals surface area contributed by atoms with Crippen LogP contribution in [0, 0.1) is 11.8 Å². The third-order valence-electron chi connectivity index (χ3n) is 4.69. The summed E-state index contributed by atoms with van der Waals surface area (Å²) in [6.07, 6.45) is 3.09. The van der Waals surface area contributed by atoms with Gasteiger partial charge in [0, 0.05) is 24.5 Å². The summed E-state index contributed by atoms with van der Waals surface area (Å²) in [5, 5.41) is 4.17. The standard InChI is InChI=1S/C18H27ClN2O.ClH/c1-3-21(13-16-7-4-5-9-17(16)19)18(22)11-14(2)15-8-6-10-20-12-15;/h4-5,7,9,14-15,20H,3,6,8,10-13H2,1-2H3;1H. The van der Waals surface area contributed by atoms with Gasteiger partial charge in [0.2, 0.25) is 5.91 Å². The van der Waals surface area contributed by atoms with E-state index >= 15 is 0 Å². The van der Waals surface area contributed by atoms with Gasteiger partial charge in [-0.2, -0.15) is 0 Å². The lowest BCUT2D eigenvalue weighted by Crippen LogP contribution is -2.37. The van der Waals surface area contributed by atoms with Crippen molar-refractivity contribution >= 4 is 29.9 Å². The molecule has 3 nitrogen and oxygen atoms in total. The molecule has 0 spiro atoms. The Labute approximate surface area is 151 Å². The quantitative estimate of drug-likeness (QED) is 0.828. The second-order valence-electron chi connectivity index (χ2n) is 6.29. The van der Waals surface area contributed by atoms with E-state index < -0.39 is 0 Å². The summed E-state index contributed by atoms with van der Waals surface area (Å²) in [5.74, 6) is 1.29. The van der Waals surface area contributed by atoms with Crippen LogP contribution in [0.4, 0.5) is 0 Å². The molecule has 5 heteroatoms. The summed E-state index contributed by atoms with van der Waals surface area (Å²) in [4.78, 5) is 14.5. The van der Waals surface area contributed by atoms with E-state index in [4.69, 9.17) is 11.6 Å². The van der Waals surface area contributed by atoms with Gasteiger partial charge in [-0.1, -0.05) is 36.7 Å². The van der Waals surface area contributed by atoms with E-state index in [2.05, 4.69) is 12.2 Å². The van der Waals surface area contributed by atoms with Gasteiger partial charge in [-0.15, -0.1) is 12.4 Å². The highest BCUT2D eigenvalue weighted by Crippen LogP contribution is 2.24. The lowest BCUT2D eigenvalue weighted by Gasteiger charge is -2.30. The Kier molecular flexibility index (Phi) is 8.96. The maximum absolute atomic E-state index is 12.6. The molecule has 0 aromatic heterocycles.